The number of anilines is 1. The molecule has 3 rings (SSSR count). The van der Waals surface area contributed by atoms with Gasteiger partial charge in [0.15, 0.2) is 0 Å². The summed E-state index contributed by atoms with van der Waals surface area (Å²) in [5.74, 6) is 2.84. The van der Waals surface area contributed by atoms with E-state index in [9.17, 15) is 9.59 Å². The van der Waals surface area contributed by atoms with Gasteiger partial charge in [0.25, 0.3) is 11.1 Å². The Balaban J connectivity index is 1.98. The molecule has 0 atom stereocenters. The number of carbonyl (C=O) groups is 2. The number of halogens is 1. The molecule has 0 N–H and O–H groups in total. The van der Waals surface area contributed by atoms with Crippen molar-refractivity contribution >= 4 is 46.3 Å². The molecule has 0 spiro atoms. The van der Waals surface area contributed by atoms with Gasteiger partial charge in [0.2, 0.25) is 0 Å². The van der Waals surface area contributed by atoms with Crippen molar-refractivity contribution in [3.8, 4) is 23.8 Å². The molecular formula is C20H14ClNO4S. The number of hydrogen-bond acceptors (Lipinski definition) is 5. The van der Waals surface area contributed by atoms with Crippen molar-refractivity contribution in [1.82, 2.24) is 0 Å². The quantitative estimate of drug-likeness (QED) is 0.543. The molecule has 1 fully saturated rings. The Labute approximate surface area is 165 Å². The Kier molecular flexibility index (Phi) is 5.75. The summed E-state index contributed by atoms with van der Waals surface area (Å²) in [4.78, 5) is 26.7. The molecule has 1 saturated heterocycles. The maximum atomic E-state index is 12.9. The second kappa shape index (κ2) is 8.21. The minimum absolute atomic E-state index is 0.0746. The zero-order chi connectivity index (χ0) is 19.4. The van der Waals surface area contributed by atoms with Crippen molar-refractivity contribution in [2.45, 2.75) is 0 Å². The highest BCUT2D eigenvalue weighted by Gasteiger charge is 2.37. The summed E-state index contributed by atoms with van der Waals surface area (Å²) in [6.45, 7) is 0.0746. The summed E-state index contributed by atoms with van der Waals surface area (Å²) >= 11 is 6.89. The van der Waals surface area contributed by atoms with E-state index in [-0.39, 0.29) is 11.5 Å². The molecule has 0 radical (unpaired) electrons. The van der Waals surface area contributed by atoms with Crippen LogP contribution in [0.5, 0.6) is 11.5 Å². The smallest absolute Gasteiger partial charge is 0.298 e. The Morgan fingerprint density at radius 3 is 2.74 bits per heavy atom. The number of rotatable bonds is 5. The summed E-state index contributed by atoms with van der Waals surface area (Å²) in [5, 5.41) is 0.0575. The van der Waals surface area contributed by atoms with Crippen molar-refractivity contribution in [2.24, 2.45) is 0 Å². The number of thioether (sulfide) groups is 1. The lowest BCUT2D eigenvalue weighted by Crippen LogP contribution is -2.28. The van der Waals surface area contributed by atoms with E-state index in [4.69, 9.17) is 27.5 Å². The van der Waals surface area contributed by atoms with Crippen LogP contribution in [0.3, 0.4) is 0 Å². The van der Waals surface area contributed by atoms with Crippen LogP contribution in [0, 0.1) is 12.3 Å². The minimum atomic E-state index is -0.447. The number of carbonyl (C=O) groups excluding carboxylic acids is 2. The Morgan fingerprint density at radius 1 is 1.22 bits per heavy atom. The van der Waals surface area contributed by atoms with Crippen LogP contribution in [0.4, 0.5) is 10.5 Å². The predicted molar refractivity (Wildman–Crippen MR) is 107 cm³/mol. The van der Waals surface area contributed by atoms with Crippen LogP contribution in [0.25, 0.3) is 6.08 Å². The van der Waals surface area contributed by atoms with Crippen LogP contribution in [-0.4, -0.2) is 24.9 Å². The average Bonchev–Trinajstić information content (AvgIpc) is 2.94. The maximum Gasteiger partial charge on any atom is 0.298 e. The van der Waals surface area contributed by atoms with Gasteiger partial charge in [-0.1, -0.05) is 29.7 Å². The molecule has 2 amide bonds. The van der Waals surface area contributed by atoms with Crippen LogP contribution < -0.4 is 14.4 Å². The third-order valence-electron chi connectivity index (χ3n) is 3.69. The highest BCUT2D eigenvalue weighted by atomic mass is 35.5. The molecule has 1 aliphatic heterocycles. The van der Waals surface area contributed by atoms with Crippen LogP contribution in [0.2, 0.25) is 5.02 Å². The van der Waals surface area contributed by atoms with Crippen LogP contribution in [0.1, 0.15) is 5.56 Å². The van der Waals surface area contributed by atoms with Crippen molar-refractivity contribution in [3.63, 3.8) is 0 Å². The van der Waals surface area contributed by atoms with E-state index in [0.29, 0.717) is 27.8 Å². The van der Waals surface area contributed by atoms with Crippen LogP contribution in [0.15, 0.2) is 47.4 Å². The summed E-state index contributed by atoms with van der Waals surface area (Å²) in [7, 11) is 1.48. The second-order valence-corrected chi connectivity index (χ2v) is 6.79. The molecular weight excluding hydrogens is 386 g/mol. The van der Waals surface area contributed by atoms with Gasteiger partial charge in [0.05, 0.1) is 17.7 Å². The van der Waals surface area contributed by atoms with Gasteiger partial charge in [-0.25, -0.2) is 4.90 Å². The van der Waals surface area contributed by atoms with E-state index in [0.717, 1.165) is 16.7 Å². The lowest BCUT2D eigenvalue weighted by molar-refractivity contribution is -0.113. The minimum Gasteiger partial charge on any atom is -0.495 e. The molecule has 2 aromatic rings. The fraction of sp³-hybridized carbons (Fsp3) is 0.100. The molecule has 0 unspecified atom stereocenters. The third kappa shape index (κ3) is 3.95. The van der Waals surface area contributed by atoms with Crippen LogP contribution >= 0.6 is 23.4 Å². The number of methoxy groups -OCH3 is 1. The molecule has 1 aliphatic rings. The highest BCUT2D eigenvalue weighted by molar-refractivity contribution is 8.19. The molecule has 1 heterocycles. The molecule has 7 heteroatoms. The van der Waals surface area contributed by atoms with Gasteiger partial charge in [-0.05, 0) is 48.2 Å². The topological polar surface area (TPSA) is 55.8 Å². The monoisotopic (exact) mass is 399 g/mol. The Bertz CT molecular complexity index is 980. The molecule has 0 bridgehead atoms. The average molecular weight is 400 g/mol. The molecule has 2 aromatic carbocycles. The first kappa shape index (κ1) is 18.9. The fourth-order valence-corrected chi connectivity index (χ4v) is 3.52. The van der Waals surface area contributed by atoms with Gasteiger partial charge in [0.1, 0.15) is 18.1 Å². The van der Waals surface area contributed by atoms with Gasteiger partial charge >= 0.3 is 0 Å². The van der Waals surface area contributed by atoms with E-state index in [1.54, 1.807) is 48.5 Å². The van der Waals surface area contributed by atoms with Gasteiger partial charge in [0, 0.05) is 10.6 Å². The summed E-state index contributed by atoms with van der Waals surface area (Å²) < 4.78 is 10.7. The number of hydrogen-bond donors (Lipinski definition) is 0. The van der Waals surface area contributed by atoms with Crippen LogP contribution in [-0.2, 0) is 4.79 Å². The van der Waals surface area contributed by atoms with E-state index < -0.39 is 11.1 Å². The molecule has 5 nitrogen and oxygen atoms in total. The van der Waals surface area contributed by atoms with Gasteiger partial charge in [-0.3, -0.25) is 9.59 Å². The van der Waals surface area contributed by atoms with Gasteiger partial charge in [-0.2, -0.15) is 0 Å². The third-order valence-corrected chi connectivity index (χ3v) is 4.79. The fourth-order valence-electron chi connectivity index (χ4n) is 2.51. The number of terminal acetylenes is 1. The van der Waals surface area contributed by atoms with Crippen molar-refractivity contribution < 1.29 is 19.1 Å². The molecule has 0 saturated carbocycles. The SMILES string of the molecule is C#CCOc1ccc(Cl)cc1/C=C1\SC(=O)N(c2ccccc2OC)C1=O. The van der Waals surface area contributed by atoms with Gasteiger partial charge in [-0.15, -0.1) is 6.42 Å². The molecule has 27 heavy (non-hydrogen) atoms. The number of ether oxygens (including phenoxy) is 2. The van der Waals surface area contributed by atoms with Crippen molar-refractivity contribution in [2.75, 3.05) is 18.6 Å². The molecule has 0 aliphatic carbocycles. The van der Waals surface area contributed by atoms with E-state index >= 15 is 0 Å². The van der Waals surface area contributed by atoms with Crippen molar-refractivity contribution in [3.05, 3.63) is 58.0 Å². The predicted octanol–water partition coefficient (Wildman–Crippen LogP) is 4.60. The summed E-state index contributed by atoms with van der Waals surface area (Å²) in [5.41, 5.74) is 0.948. The Hall–Kier alpha value is -2.88. The van der Waals surface area contributed by atoms with E-state index in [2.05, 4.69) is 5.92 Å². The first-order valence-corrected chi connectivity index (χ1v) is 9.01. The molecule has 136 valence electrons. The number of amides is 2. The zero-order valence-electron chi connectivity index (χ0n) is 14.3. The van der Waals surface area contributed by atoms with Gasteiger partial charge < -0.3 is 9.47 Å². The van der Waals surface area contributed by atoms with E-state index in [1.807, 2.05) is 0 Å². The number of nitrogens with zero attached hydrogens (tertiary/aromatic N) is 1. The Morgan fingerprint density at radius 2 is 2.00 bits per heavy atom. The highest BCUT2D eigenvalue weighted by Crippen LogP contribution is 2.40. The lowest BCUT2D eigenvalue weighted by atomic mass is 10.1. The van der Waals surface area contributed by atoms with Crippen molar-refractivity contribution in [1.29, 1.82) is 0 Å². The van der Waals surface area contributed by atoms with E-state index in [1.165, 1.54) is 7.11 Å². The number of imide groups is 1. The zero-order valence-corrected chi connectivity index (χ0v) is 15.8. The summed E-state index contributed by atoms with van der Waals surface area (Å²) in [6, 6.07) is 11.8. The number of para-hydroxylation sites is 2. The second-order valence-electron chi connectivity index (χ2n) is 5.36. The first-order chi connectivity index (χ1) is 13.0. The molecule has 0 aromatic heterocycles. The standard InChI is InChI=1S/C20H14ClNO4S/c1-3-10-26-16-9-8-14(21)11-13(16)12-18-19(23)22(20(24)27-18)15-6-4-5-7-17(15)25-2/h1,4-9,11-12H,10H2,2H3/b18-12-. The lowest BCUT2D eigenvalue weighted by Gasteiger charge is -2.15. The maximum absolute atomic E-state index is 12.9. The summed E-state index contributed by atoms with van der Waals surface area (Å²) in [6.07, 6.45) is 6.80. The largest absolute Gasteiger partial charge is 0.495 e. The number of benzene rings is 2. The first-order valence-electron chi connectivity index (χ1n) is 7.82. The normalized spacial score (nSPS) is 15.1.